The van der Waals surface area contributed by atoms with Crippen molar-refractivity contribution in [2.45, 2.75) is 58.3 Å². The summed E-state index contributed by atoms with van der Waals surface area (Å²) >= 11 is 0. The number of unbranched alkanes of at least 4 members (excludes halogenated alkanes) is 6. The molecule has 0 aliphatic rings. The number of allylic oxidation sites excluding steroid dienone is 3. The molecule has 0 heterocycles. The summed E-state index contributed by atoms with van der Waals surface area (Å²) in [5, 5.41) is 8.53. The second-order valence-corrected chi connectivity index (χ2v) is 3.93. The van der Waals surface area contributed by atoms with Gasteiger partial charge in [-0.05, 0) is 19.3 Å². The predicted molar refractivity (Wildman–Crippen MR) is 68.0 cm³/mol. The molecule has 0 aromatic heterocycles. The average molecular weight is 210 g/mol. The molecule has 15 heavy (non-hydrogen) atoms. The van der Waals surface area contributed by atoms with Gasteiger partial charge >= 0.3 is 0 Å². The van der Waals surface area contributed by atoms with Crippen LogP contribution in [0, 0.1) is 0 Å². The first kappa shape index (κ1) is 14.4. The second kappa shape index (κ2) is 13.4. The third kappa shape index (κ3) is 13.4. The van der Waals surface area contributed by atoms with Gasteiger partial charge in [-0.1, -0.05) is 63.3 Å². The molecule has 88 valence electrons. The van der Waals surface area contributed by atoms with E-state index in [1.807, 2.05) is 12.2 Å². The molecular formula is C14H26O. The summed E-state index contributed by atoms with van der Waals surface area (Å²) in [6.07, 6.45) is 18.5. The average Bonchev–Trinajstić information content (AvgIpc) is 2.26. The molecule has 0 saturated carbocycles. The Bertz CT molecular complexity index is 159. The van der Waals surface area contributed by atoms with Gasteiger partial charge in [0.15, 0.2) is 0 Å². The summed E-state index contributed by atoms with van der Waals surface area (Å²) in [6.45, 7) is 2.50. The highest BCUT2D eigenvalue weighted by Crippen LogP contribution is 2.07. The van der Waals surface area contributed by atoms with Crippen LogP contribution in [0.3, 0.4) is 0 Å². The minimum Gasteiger partial charge on any atom is -0.396 e. The normalized spacial score (nSPS) is 11.9. The van der Waals surface area contributed by atoms with Crippen molar-refractivity contribution in [3.05, 3.63) is 24.3 Å². The Labute approximate surface area is 94.9 Å². The van der Waals surface area contributed by atoms with Crippen LogP contribution >= 0.6 is 0 Å². The standard InChI is InChI=1S/C14H26O/c1-2-3-4-5-6-7-8-9-10-11-12-13-14-15/h9-12,15H,2-8,13-14H2,1H3/b10-9-,12-11+. The first-order valence-corrected chi connectivity index (χ1v) is 6.34. The summed E-state index contributed by atoms with van der Waals surface area (Å²) in [4.78, 5) is 0. The lowest BCUT2D eigenvalue weighted by molar-refractivity contribution is 0.302. The van der Waals surface area contributed by atoms with Crippen molar-refractivity contribution < 1.29 is 5.11 Å². The highest BCUT2D eigenvalue weighted by molar-refractivity contribution is 5.02. The van der Waals surface area contributed by atoms with Gasteiger partial charge < -0.3 is 5.11 Å². The van der Waals surface area contributed by atoms with Crippen molar-refractivity contribution in [3.8, 4) is 0 Å². The van der Waals surface area contributed by atoms with Crippen LogP contribution in [-0.4, -0.2) is 11.7 Å². The zero-order valence-corrected chi connectivity index (χ0v) is 10.1. The maximum Gasteiger partial charge on any atom is 0.0465 e. The van der Waals surface area contributed by atoms with Crippen LogP contribution in [0.15, 0.2) is 24.3 Å². The molecule has 1 nitrogen and oxygen atoms in total. The monoisotopic (exact) mass is 210 g/mol. The Morgan fingerprint density at radius 2 is 1.40 bits per heavy atom. The van der Waals surface area contributed by atoms with E-state index in [4.69, 9.17) is 5.11 Å². The van der Waals surface area contributed by atoms with Crippen LogP contribution in [0.1, 0.15) is 58.3 Å². The predicted octanol–water partition coefficient (Wildman–Crippen LogP) is 4.23. The van der Waals surface area contributed by atoms with Gasteiger partial charge in [0.1, 0.15) is 0 Å². The number of hydrogen-bond donors (Lipinski definition) is 1. The van der Waals surface area contributed by atoms with Crippen LogP contribution < -0.4 is 0 Å². The maximum atomic E-state index is 8.53. The van der Waals surface area contributed by atoms with Crippen molar-refractivity contribution in [3.63, 3.8) is 0 Å². The van der Waals surface area contributed by atoms with Crippen molar-refractivity contribution in [1.82, 2.24) is 0 Å². The second-order valence-electron chi connectivity index (χ2n) is 3.93. The Balaban J connectivity index is 3.09. The van der Waals surface area contributed by atoms with Crippen molar-refractivity contribution in [2.75, 3.05) is 6.61 Å². The molecule has 0 aliphatic carbocycles. The molecule has 0 spiro atoms. The quantitative estimate of drug-likeness (QED) is 0.422. The molecule has 0 radical (unpaired) electrons. The fourth-order valence-electron chi connectivity index (χ4n) is 1.47. The summed E-state index contributed by atoms with van der Waals surface area (Å²) in [6, 6.07) is 0. The lowest BCUT2D eigenvalue weighted by atomic mass is 10.1. The van der Waals surface area contributed by atoms with E-state index in [9.17, 15) is 0 Å². The van der Waals surface area contributed by atoms with Gasteiger partial charge in [-0.2, -0.15) is 0 Å². The van der Waals surface area contributed by atoms with Gasteiger partial charge in [-0.25, -0.2) is 0 Å². The number of aliphatic hydroxyl groups is 1. The highest BCUT2D eigenvalue weighted by atomic mass is 16.2. The molecule has 0 aliphatic heterocycles. The maximum absolute atomic E-state index is 8.53. The molecule has 0 unspecified atom stereocenters. The van der Waals surface area contributed by atoms with Gasteiger partial charge in [-0.3, -0.25) is 0 Å². The Hall–Kier alpha value is -0.560. The van der Waals surface area contributed by atoms with E-state index in [0.29, 0.717) is 0 Å². The molecule has 0 fully saturated rings. The zero-order chi connectivity index (χ0) is 11.2. The zero-order valence-electron chi connectivity index (χ0n) is 10.1. The topological polar surface area (TPSA) is 20.2 Å². The molecule has 0 aromatic rings. The van der Waals surface area contributed by atoms with E-state index < -0.39 is 0 Å². The van der Waals surface area contributed by atoms with Crippen LogP contribution in [-0.2, 0) is 0 Å². The molecule has 1 heteroatoms. The Kier molecular flexibility index (Phi) is 12.9. The minimum atomic E-state index is 0.252. The van der Waals surface area contributed by atoms with E-state index in [-0.39, 0.29) is 6.61 Å². The van der Waals surface area contributed by atoms with Gasteiger partial charge in [0.25, 0.3) is 0 Å². The number of aliphatic hydroxyl groups excluding tert-OH is 1. The molecular weight excluding hydrogens is 184 g/mol. The van der Waals surface area contributed by atoms with Gasteiger partial charge in [0.05, 0.1) is 0 Å². The van der Waals surface area contributed by atoms with E-state index in [0.717, 1.165) is 6.42 Å². The minimum absolute atomic E-state index is 0.252. The first-order chi connectivity index (χ1) is 7.41. The molecule has 0 rings (SSSR count). The largest absolute Gasteiger partial charge is 0.396 e. The number of hydrogen-bond acceptors (Lipinski definition) is 1. The van der Waals surface area contributed by atoms with Crippen LogP contribution in [0.5, 0.6) is 0 Å². The fraction of sp³-hybridized carbons (Fsp3) is 0.714. The lowest BCUT2D eigenvalue weighted by Crippen LogP contribution is -1.77. The van der Waals surface area contributed by atoms with Crippen molar-refractivity contribution >= 4 is 0 Å². The summed E-state index contributed by atoms with van der Waals surface area (Å²) in [5.41, 5.74) is 0. The van der Waals surface area contributed by atoms with Crippen LogP contribution in [0.25, 0.3) is 0 Å². The number of rotatable bonds is 10. The Morgan fingerprint density at radius 3 is 2.07 bits per heavy atom. The van der Waals surface area contributed by atoms with Crippen LogP contribution in [0.4, 0.5) is 0 Å². The molecule has 0 saturated heterocycles. The molecule has 1 N–H and O–H groups in total. The SMILES string of the molecule is CCCCCCCC/C=C\C=C\CCO. The van der Waals surface area contributed by atoms with Gasteiger partial charge in [0, 0.05) is 6.61 Å². The summed E-state index contributed by atoms with van der Waals surface area (Å²) in [5.74, 6) is 0. The van der Waals surface area contributed by atoms with Crippen molar-refractivity contribution in [2.24, 2.45) is 0 Å². The highest BCUT2D eigenvalue weighted by Gasteiger charge is 1.87. The summed E-state index contributed by atoms with van der Waals surface area (Å²) < 4.78 is 0. The molecule has 0 amide bonds. The lowest BCUT2D eigenvalue weighted by Gasteiger charge is -1.97. The van der Waals surface area contributed by atoms with E-state index >= 15 is 0 Å². The fourth-order valence-corrected chi connectivity index (χ4v) is 1.47. The summed E-state index contributed by atoms with van der Waals surface area (Å²) in [7, 11) is 0. The van der Waals surface area contributed by atoms with E-state index in [1.165, 1.54) is 44.9 Å². The Morgan fingerprint density at radius 1 is 0.800 bits per heavy atom. The van der Waals surface area contributed by atoms with Gasteiger partial charge in [-0.15, -0.1) is 0 Å². The molecule has 0 atom stereocenters. The van der Waals surface area contributed by atoms with Gasteiger partial charge in [0.2, 0.25) is 0 Å². The third-order valence-corrected chi connectivity index (χ3v) is 2.40. The van der Waals surface area contributed by atoms with Crippen molar-refractivity contribution in [1.29, 1.82) is 0 Å². The third-order valence-electron chi connectivity index (χ3n) is 2.40. The molecule has 0 bridgehead atoms. The first-order valence-electron chi connectivity index (χ1n) is 6.34. The molecule has 0 aromatic carbocycles. The van der Waals surface area contributed by atoms with E-state index in [2.05, 4.69) is 19.1 Å². The smallest absolute Gasteiger partial charge is 0.0465 e. The van der Waals surface area contributed by atoms with Crippen LogP contribution in [0.2, 0.25) is 0 Å². The van der Waals surface area contributed by atoms with E-state index in [1.54, 1.807) is 0 Å².